The van der Waals surface area contributed by atoms with E-state index >= 15 is 0 Å². The number of fused-ring (bicyclic) bond motifs is 1. The first-order chi connectivity index (χ1) is 8.74. The molecule has 3 rings (SSSR count). The average molecular weight is 266 g/mol. The Hall–Kier alpha value is -1.26. The molecule has 1 atom stereocenters. The lowest BCUT2D eigenvalue weighted by molar-refractivity contribution is -0.135. The lowest BCUT2D eigenvalue weighted by Gasteiger charge is -2.45. The largest absolute Gasteiger partial charge is 0.368 e. The van der Waals surface area contributed by atoms with E-state index in [1.807, 2.05) is 29.2 Å². The molecule has 2 heterocycles. The van der Waals surface area contributed by atoms with Crippen molar-refractivity contribution in [2.75, 3.05) is 37.6 Å². The van der Waals surface area contributed by atoms with Crippen LogP contribution in [0.15, 0.2) is 24.3 Å². The minimum atomic E-state index is 0.224. The highest BCUT2D eigenvalue weighted by Crippen LogP contribution is 2.22. The van der Waals surface area contributed by atoms with Gasteiger partial charge in [-0.05, 0) is 24.3 Å². The Morgan fingerprint density at radius 2 is 2.00 bits per heavy atom. The predicted octanol–water partition coefficient (Wildman–Crippen LogP) is 0.960. The minimum Gasteiger partial charge on any atom is -0.368 e. The normalized spacial score (nSPS) is 24.1. The first-order valence-electron chi connectivity index (χ1n) is 6.25. The lowest BCUT2D eigenvalue weighted by atomic mass is 10.1. The summed E-state index contributed by atoms with van der Waals surface area (Å²) in [6.45, 7) is 3.96. The molecule has 1 N–H and O–H groups in total. The Morgan fingerprint density at radius 1 is 1.22 bits per heavy atom. The van der Waals surface area contributed by atoms with Gasteiger partial charge in [0.25, 0.3) is 0 Å². The van der Waals surface area contributed by atoms with E-state index in [1.165, 1.54) is 5.69 Å². The van der Waals surface area contributed by atoms with E-state index in [2.05, 4.69) is 10.2 Å². The van der Waals surface area contributed by atoms with Gasteiger partial charge in [0.1, 0.15) is 0 Å². The summed E-state index contributed by atoms with van der Waals surface area (Å²) < 4.78 is 0. The van der Waals surface area contributed by atoms with Crippen molar-refractivity contribution in [1.29, 1.82) is 0 Å². The SMILES string of the molecule is O=C1CNCC2CN(c3ccc(Cl)cc3)CCN12. The predicted molar refractivity (Wildman–Crippen MR) is 72.0 cm³/mol. The van der Waals surface area contributed by atoms with Gasteiger partial charge in [0.15, 0.2) is 0 Å². The summed E-state index contributed by atoms with van der Waals surface area (Å²) in [5, 5.41) is 3.93. The second kappa shape index (κ2) is 4.78. The monoisotopic (exact) mass is 265 g/mol. The Morgan fingerprint density at radius 3 is 2.78 bits per heavy atom. The average Bonchev–Trinajstić information content (AvgIpc) is 2.39. The van der Waals surface area contributed by atoms with Gasteiger partial charge in [-0.15, -0.1) is 0 Å². The molecule has 0 aromatic heterocycles. The van der Waals surface area contributed by atoms with Crippen molar-refractivity contribution in [2.24, 2.45) is 0 Å². The second-order valence-electron chi connectivity index (χ2n) is 4.79. The molecule has 0 bridgehead atoms. The van der Waals surface area contributed by atoms with Crippen LogP contribution < -0.4 is 10.2 Å². The van der Waals surface area contributed by atoms with Crippen molar-refractivity contribution < 1.29 is 4.79 Å². The van der Waals surface area contributed by atoms with Crippen molar-refractivity contribution in [3.8, 4) is 0 Å². The van der Waals surface area contributed by atoms with Crippen LogP contribution in [-0.4, -0.2) is 49.6 Å². The summed E-state index contributed by atoms with van der Waals surface area (Å²) in [5.41, 5.74) is 1.18. The summed E-state index contributed by atoms with van der Waals surface area (Å²) >= 11 is 5.90. The van der Waals surface area contributed by atoms with E-state index in [9.17, 15) is 4.79 Å². The topological polar surface area (TPSA) is 35.6 Å². The fourth-order valence-electron chi connectivity index (χ4n) is 2.69. The summed E-state index contributed by atoms with van der Waals surface area (Å²) in [7, 11) is 0. The summed E-state index contributed by atoms with van der Waals surface area (Å²) in [5.74, 6) is 0.224. The van der Waals surface area contributed by atoms with E-state index in [-0.39, 0.29) is 11.9 Å². The molecule has 2 aliphatic heterocycles. The number of hydrogen-bond donors (Lipinski definition) is 1. The molecule has 1 aromatic carbocycles. The Labute approximate surface area is 112 Å². The van der Waals surface area contributed by atoms with Gasteiger partial charge in [-0.25, -0.2) is 0 Å². The third kappa shape index (κ3) is 2.18. The number of carbonyl (C=O) groups excluding carboxylic acids is 1. The molecule has 1 unspecified atom stereocenters. The maximum absolute atomic E-state index is 11.7. The first-order valence-corrected chi connectivity index (χ1v) is 6.62. The summed E-state index contributed by atoms with van der Waals surface area (Å²) in [6, 6.07) is 8.18. The second-order valence-corrected chi connectivity index (χ2v) is 5.23. The van der Waals surface area contributed by atoms with E-state index in [0.29, 0.717) is 6.54 Å². The van der Waals surface area contributed by atoms with Crippen molar-refractivity contribution in [3.05, 3.63) is 29.3 Å². The Kier molecular flexibility index (Phi) is 3.14. The number of rotatable bonds is 1. The summed E-state index contributed by atoms with van der Waals surface area (Å²) in [6.07, 6.45) is 0. The molecule has 0 aliphatic carbocycles. The minimum absolute atomic E-state index is 0.224. The number of carbonyl (C=O) groups is 1. The standard InChI is InChI=1S/C13H16ClN3O/c14-10-1-3-11(4-2-10)16-5-6-17-12(9-16)7-15-8-13(17)18/h1-4,12,15H,5-9H2. The number of nitrogens with one attached hydrogen (secondary N) is 1. The molecule has 5 heteroatoms. The molecule has 2 aliphatic rings. The van der Waals surface area contributed by atoms with Crippen LogP contribution in [0.2, 0.25) is 5.02 Å². The van der Waals surface area contributed by atoms with Crippen LogP contribution in [0.4, 0.5) is 5.69 Å². The molecule has 0 saturated carbocycles. The fourth-order valence-corrected chi connectivity index (χ4v) is 2.82. The Bertz CT molecular complexity index is 448. The van der Waals surface area contributed by atoms with Crippen LogP contribution in [0, 0.1) is 0 Å². The van der Waals surface area contributed by atoms with Crippen molar-refractivity contribution >= 4 is 23.2 Å². The highest BCUT2D eigenvalue weighted by atomic mass is 35.5. The van der Waals surface area contributed by atoms with E-state index in [4.69, 9.17) is 11.6 Å². The van der Waals surface area contributed by atoms with Crippen LogP contribution >= 0.6 is 11.6 Å². The molecule has 2 fully saturated rings. The lowest BCUT2D eigenvalue weighted by Crippen LogP contribution is -2.63. The molecule has 2 saturated heterocycles. The third-order valence-electron chi connectivity index (χ3n) is 3.65. The van der Waals surface area contributed by atoms with E-state index < -0.39 is 0 Å². The van der Waals surface area contributed by atoms with Crippen LogP contribution in [-0.2, 0) is 4.79 Å². The number of piperazine rings is 2. The van der Waals surface area contributed by atoms with Crippen LogP contribution in [0.25, 0.3) is 0 Å². The molecule has 0 spiro atoms. The first kappa shape index (κ1) is 11.8. The Balaban J connectivity index is 1.73. The molecule has 1 amide bonds. The number of amides is 1. The van der Waals surface area contributed by atoms with Gasteiger partial charge >= 0.3 is 0 Å². The van der Waals surface area contributed by atoms with Crippen LogP contribution in [0.5, 0.6) is 0 Å². The molecular formula is C13H16ClN3O. The maximum Gasteiger partial charge on any atom is 0.236 e. The van der Waals surface area contributed by atoms with Gasteiger partial charge in [0, 0.05) is 36.9 Å². The molecule has 18 heavy (non-hydrogen) atoms. The van der Waals surface area contributed by atoms with Crippen molar-refractivity contribution in [2.45, 2.75) is 6.04 Å². The van der Waals surface area contributed by atoms with Gasteiger partial charge in [-0.1, -0.05) is 11.6 Å². The van der Waals surface area contributed by atoms with Gasteiger partial charge in [0.2, 0.25) is 5.91 Å². The highest BCUT2D eigenvalue weighted by Gasteiger charge is 2.32. The van der Waals surface area contributed by atoms with Gasteiger partial charge < -0.3 is 15.1 Å². The zero-order valence-corrected chi connectivity index (χ0v) is 10.9. The number of halogens is 1. The smallest absolute Gasteiger partial charge is 0.236 e. The van der Waals surface area contributed by atoms with E-state index in [0.717, 1.165) is 31.2 Å². The van der Waals surface area contributed by atoms with Crippen LogP contribution in [0.1, 0.15) is 0 Å². The molecule has 4 nitrogen and oxygen atoms in total. The van der Waals surface area contributed by atoms with Gasteiger partial charge in [-0.2, -0.15) is 0 Å². The maximum atomic E-state index is 11.7. The highest BCUT2D eigenvalue weighted by molar-refractivity contribution is 6.30. The van der Waals surface area contributed by atoms with Crippen molar-refractivity contribution in [1.82, 2.24) is 10.2 Å². The molecule has 0 radical (unpaired) electrons. The molecule has 1 aromatic rings. The van der Waals surface area contributed by atoms with E-state index in [1.54, 1.807) is 0 Å². The third-order valence-corrected chi connectivity index (χ3v) is 3.90. The quantitative estimate of drug-likeness (QED) is 0.822. The zero-order chi connectivity index (χ0) is 12.5. The van der Waals surface area contributed by atoms with Crippen LogP contribution in [0.3, 0.4) is 0 Å². The fraction of sp³-hybridized carbons (Fsp3) is 0.462. The number of benzene rings is 1. The number of hydrogen-bond acceptors (Lipinski definition) is 3. The molecular weight excluding hydrogens is 250 g/mol. The summed E-state index contributed by atoms with van der Waals surface area (Å²) in [4.78, 5) is 16.1. The van der Waals surface area contributed by atoms with Gasteiger partial charge in [-0.3, -0.25) is 4.79 Å². The number of nitrogens with zero attached hydrogens (tertiary/aromatic N) is 2. The van der Waals surface area contributed by atoms with Gasteiger partial charge in [0.05, 0.1) is 12.6 Å². The van der Waals surface area contributed by atoms with Crippen molar-refractivity contribution in [3.63, 3.8) is 0 Å². The number of anilines is 1. The molecule has 96 valence electrons. The zero-order valence-electron chi connectivity index (χ0n) is 10.1.